The number of carbonyl (C=O) groups excluding carboxylic acids is 1. The predicted molar refractivity (Wildman–Crippen MR) is 73.7 cm³/mol. The molecule has 7 heteroatoms. The Balaban J connectivity index is 1.98. The molecule has 0 atom stereocenters. The largest absolute Gasteiger partial charge is 0.478 e. The first-order chi connectivity index (χ1) is 9.86. The van der Waals surface area contributed by atoms with E-state index in [-0.39, 0.29) is 23.3 Å². The van der Waals surface area contributed by atoms with Crippen LogP contribution in [0.1, 0.15) is 23.2 Å². The molecule has 0 radical (unpaired) electrons. The second-order valence-corrected chi connectivity index (χ2v) is 5.30. The van der Waals surface area contributed by atoms with Gasteiger partial charge in [0.1, 0.15) is 5.82 Å². The molecule has 1 saturated carbocycles. The minimum Gasteiger partial charge on any atom is -0.478 e. The van der Waals surface area contributed by atoms with E-state index in [0.717, 1.165) is 18.2 Å². The highest BCUT2D eigenvalue weighted by molar-refractivity contribution is 5.93. The Morgan fingerprint density at radius 3 is 2.67 bits per heavy atom. The van der Waals surface area contributed by atoms with Crippen molar-refractivity contribution in [3.8, 4) is 0 Å². The van der Waals surface area contributed by atoms with Gasteiger partial charge < -0.3 is 20.4 Å². The van der Waals surface area contributed by atoms with Gasteiger partial charge in [-0.05, 0) is 37.0 Å². The number of rotatable bonds is 4. The topological polar surface area (TPSA) is 89.9 Å². The molecule has 0 saturated heterocycles. The molecule has 3 N–H and O–H groups in total. The maximum atomic E-state index is 13.6. The van der Waals surface area contributed by atoms with Gasteiger partial charge in [0.15, 0.2) is 0 Å². The summed E-state index contributed by atoms with van der Waals surface area (Å²) in [5.74, 6) is -1.64. The molecule has 1 aliphatic rings. The Labute approximate surface area is 121 Å². The Morgan fingerprint density at radius 1 is 1.43 bits per heavy atom. The van der Waals surface area contributed by atoms with Crippen LogP contribution in [-0.4, -0.2) is 46.8 Å². The van der Waals surface area contributed by atoms with Gasteiger partial charge in [-0.3, -0.25) is 0 Å². The van der Waals surface area contributed by atoms with Crippen molar-refractivity contribution < 1.29 is 24.2 Å². The number of hydrogen-bond donors (Lipinski definition) is 3. The van der Waals surface area contributed by atoms with Gasteiger partial charge in [0.05, 0.1) is 17.4 Å². The van der Waals surface area contributed by atoms with Crippen LogP contribution in [0, 0.1) is 11.7 Å². The molecule has 1 aromatic rings. The van der Waals surface area contributed by atoms with Gasteiger partial charge in [-0.25, -0.2) is 14.0 Å². The molecule has 2 rings (SSSR count). The van der Waals surface area contributed by atoms with Gasteiger partial charge in [0.2, 0.25) is 0 Å². The lowest BCUT2D eigenvalue weighted by Gasteiger charge is -2.34. The van der Waals surface area contributed by atoms with Gasteiger partial charge >= 0.3 is 12.0 Å². The van der Waals surface area contributed by atoms with E-state index in [1.165, 1.54) is 4.90 Å². The van der Waals surface area contributed by atoms with Crippen LogP contribution >= 0.6 is 0 Å². The molecule has 21 heavy (non-hydrogen) atoms. The van der Waals surface area contributed by atoms with Crippen LogP contribution in [0.15, 0.2) is 18.2 Å². The monoisotopic (exact) mass is 296 g/mol. The lowest BCUT2D eigenvalue weighted by Crippen LogP contribution is -2.41. The van der Waals surface area contributed by atoms with E-state index in [1.807, 2.05) is 0 Å². The van der Waals surface area contributed by atoms with E-state index < -0.39 is 17.8 Å². The summed E-state index contributed by atoms with van der Waals surface area (Å²) < 4.78 is 13.6. The van der Waals surface area contributed by atoms with Crippen LogP contribution < -0.4 is 5.32 Å². The number of amides is 2. The van der Waals surface area contributed by atoms with E-state index in [4.69, 9.17) is 5.11 Å². The molecule has 1 aliphatic carbocycles. The lowest BCUT2D eigenvalue weighted by atomic mass is 9.82. The van der Waals surface area contributed by atoms with Crippen LogP contribution in [0.2, 0.25) is 0 Å². The first-order valence-corrected chi connectivity index (χ1v) is 6.60. The first-order valence-electron chi connectivity index (χ1n) is 6.60. The number of benzene rings is 1. The van der Waals surface area contributed by atoms with Crippen LogP contribution in [0.5, 0.6) is 0 Å². The number of nitrogens with one attached hydrogen (secondary N) is 1. The molecule has 1 fully saturated rings. The summed E-state index contributed by atoms with van der Waals surface area (Å²) in [5, 5.41) is 20.4. The Kier molecular flexibility index (Phi) is 4.42. The van der Waals surface area contributed by atoms with E-state index in [0.29, 0.717) is 19.4 Å². The average molecular weight is 296 g/mol. The zero-order chi connectivity index (χ0) is 15.6. The summed E-state index contributed by atoms with van der Waals surface area (Å²) in [7, 11) is 1.57. The second-order valence-electron chi connectivity index (χ2n) is 5.30. The van der Waals surface area contributed by atoms with Crippen LogP contribution in [-0.2, 0) is 0 Å². The minimum atomic E-state index is -1.19. The van der Waals surface area contributed by atoms with Crippen molar-refractivity contribution in [2.24, 2.45) is 5.92 Å². The van der Waals surface area contributed by atoms with Gasteiger partial charge in [-0.1, -0.05) is 0 Å². The minimum absolute atomic E-state index is 0.100. The molecule has 0 spiro atoms. The van der Waals surface area contributed by atoms with Crippen LogP contribution in [0.4, 0.5) is 14.9 Å². The summed E-state index contributed by atoms with van der Waals surface area (Å²) >= 11 is 0. The number of urea groups is 1. The summed E-state index contributed by atoms with van der Waals surface area (Å²) in [6.45, 7) is 0.461. The summed E-state index contributed by atoms with van der Waals surface area (Å²) in [4.78, 5) is 24.2. The van der Waals surface area contributed by atoms with Crippen molar-refractivity contribution in [1.82, 2.24) is 4.90 Å². The first kappa shape index (κ1) is 15.2. The third-order valence-electron chi connectivity index (χ3n) is 3.54. The maximum Gasteiger partial charge on any atom is 0.335 e. The van der Waals surface area contributed by atoms with E-state index >= 15 is 0 Å². The standard InChI is InChI=1S/C14H17FN2O4/c1-17(7-8-4-10(18)5-8)14(21)16-12-6-9(13(19)20)2-3-11(12)15/h2-3,6,8,10,18H,4-5,7H2,1H3,(H,16,21)(H,19,20). The highest BCUT2D eigenvalue weighted by atomic mass is 19.1. The van der Waals surface area contributed by atoms with Gasteiger partial charge in [0, 0.05) is 13.6 Å². The Hall–Kier alpha value is -2.15. The summed E-state index contributed by atoms with van der Waals surface area (Å²) in [6.07, 6.45) is 1.01. The number of carbonyl (C=O) groups is 2. The number of hydrogen-bond acceptors (Lipinski definition) is 3. The molecule has 0 unspecified atom stereocenters. The fourth-order valence-electron chi connectivity index (χ4n) is 2.28. The average Bonchev–Trinajstić information content (AvgIpc) is 2.39. The molecule has 2 amide bonds. The van der Waals surface area contributed by atoms with Crippen molar-refractivity contribution in [3.63, 3.8) is 0 Å². The van der Waals surface area contributed by atoms with E-state index in [9.17, 15) is 19.1 Å². The van der Waals surface area contributed by atoms with Gasteiger partial charge in [-0.2, -0.15) is 0 Å². The normalized spacial score (nSPS) is 20.5. The number of halogens is 1. The third-order valence-corrected chi connectivity index (χ3v) is 3.54. The molecule has 0 heterocycles. The Bertz CT molecular complexity index is 558. The van der Waals surface area contributed by atoms with Crippen LogP contribution in [0.25, 0.3) is 0 Å². The fraction of sp³-hybridized carbons (Fsp3) is 0.429. The number of anilines is 1. The number of nitrogens with zero attached hydrogens (tertiary/aromatic N) is 1. The SMILES string of the molecule is CN(CC1CC(O)C1)C(=O)Nc1cc(C(=O)O)ccc1F. The van der Waals surface area contributed by atoms with Crippen LogP contribution in [0.3, 0.4) is 0 Å². The third kappa shape index (κ3) is 3.69. The predicted octanol–water partition coefficient (Wildman–Crippen LogP) is 1.76. The fourth-order valence-corrected chi connectivity index (χ4v) is 2.28. The molecule has 114 valence electrons. The number of carboxylic acids is 1. The molecule has 1 aromatic carbocycles. The smallest absolute Gasteiger partial charge is 0.335 e. The summed E-state index contributed by atoms with van der Waals surface area (Å²) in [5.41, 5.74) is -0.267. The maximum absolute atomic E-state index is 13.6. The highest BCUT2D eigenvalue weighted by Crippen LogP contribution is 2.27. The molecular formula is C14H17FN2O4. The molecule has 0 bridgehead atoms. The zero-order valence-electron chi connectivity index (χ0n) is 11.5. The van der Waals surface area contributed by atoms with Crippen molar-refractivity contribution >= 4 is 17.7 Å². The number of carboxylic acid groups (broad SMARTS) is 1. The van der Waals surface area contributed by atoms with Gasteiger partial charge in [-0.15, -0.1) is 0 Å². The van der Waals surface area contributed by atoms with E-state index in [1.54, 1.807) is 7.05 Å². The second kappa shape index (κ2) is 6.09. The van der Waals surface area contributed by atoms with Crippen molar-refractivity contribution in [3.05, 3.63) is 29.6 Å². The quantitative estimate of drug-likeness (QED) is 0.789. The number of aliphatic hydroxyl groups is 1. The molecular weight excluding hydrogens is 279 g/mol. The van der Waals surface area contributed by atoms with Crippen molar-refractivity contribution in [2.45, 2.75) is 18.9 Å². The highest BCUT2D eigenvalue weighted by Gasteiger charge is 2.29. The summed E-state index contributed by atoms with van der Waals surface area (Å²) in [6, 6.07) is 2.70. The molecule has 6 nitrogen and oxygen atoms in total. The van der Waals surface area contributed by atoms with Crippen molar-refractivity contribution in [2.75, 3.05) is 18.9 Å². The Morgan fingerprint density at radius 2 is 2.10 bits per heavy atom. The lowest BCUT2D eigenvalue weighted by molar-refractivity contribution is 0.0332. The molecule has 0 aliphatic heterocycles. The zero-order valence-corrected chi connectivity index (χ0v) is 11.5. The number of aromatic carboxylic acids is 1. The van der Waals surface area contributed by atoms with E-state index in [2.05, 4.69) is 5.32 Å². The molecule has 0 aromatic heterocycles. The van der Waals surface area contributed by atoms with Crippen molar-refractivity contribution in [1.29, 1.82) is 0 Å². The number of aliphatic hydroxyl groups excluding tert-OH is 1. The van der Waals surface area contributed by atoms with Gasteiger partial charge in [0.25, 0.3) is 0 Å².